The van der Waals surface area contributed by atoms with Gasteiger partial charge in [0.05, 0.1) is 12.7 Å². The Balaban J connectivity index is 2.41. The van der Waals surface area contributed by atoms with Gasteiger partial charge in [-0.3, -0.25) is 0 Å². The third-order valence-electron chi connectivity index (χ3n) is 1.34. The first-order valence-corrected chi connectivity index (χ1v) is 3.27. The Labute approximate surface area is 58.2 Å². The van der Waals surface area contributed by atoms with Gasteiger partial charge in [-0.25, -0.2) is 0 Å². The second kappa shape index (κ2) is 2.84. The van der Waals surface area contributed by atoms with Crippen LogP contribution in [0, 0.1) is 0 Å². The molecule has 0 radical (unpaired) electrons. The van der Waals surface area contributed by atoms with Crippen LogP contribution in [0.1, 0.15) is 6.42 Å². The highest BCUT2D eigenvalue weighted by molar-refractivity contribution is 6.21. The molecule has 0 amide bonds. The van der Waals surface area contributed by atoms with Gasteiger partial charge in [0.2, 0.25) is 0 Å². The summed E-state index contributed by atoms with van der Waals surface area (Å²) in [5, 5.41) is 17.1. The molecule has 1 rings (SSSR count). The maximum absolute atomic E-state index is 8.98. The monoisotopic (exact) mass is 152 g/mol. The van der Waals surface area contributed by atoms with E-state index in [-0.39, 0.29) is 0 Å². The Morgan fingerprint density at radius 2 is 2.11 bits per heavy atom. The summed E-state index contributed by atoms with van der Waals surface area (Å²) in [6, 6.07) is 0. The molecule has 3 unspecified atom stereocenters. The summed E-state index contributed by atoms with van der Waals surface area (Å²) in [6.07, 6.45) is -1.13. The zero-order chi connectivity index (χ0) is 6.85. The van der Waals surface area contributed by atoms with Crippen LogP contribution in [0.15, 0.2) is 0 Å². The normalized spacial score (nSPS) is 45.0. The minimum atomic E-state index is -1.00. The first kappa shape index (κ1) is 7.28. The molecule has 0 aromatic carbocycles. The molecule has 54 valence electrons. The third-order valence-corrected chi connectivity index (χ3v) is 1.85. The zero-order valence-electron chi connectivity index (χ0n) is 4.83. The number of aliphatic hydroxyl groups excluding tert-OH is 2. The minimum Gasteiger partial charge on any atom is -0.391 e. The summed E-state index contributed by atoms with van der Waals surface area (Å²) in [4.78, 5) is 0. The molecule has 1 saturated heterocycles. The summed E-state index contributed by atoms with van der Waals surface area (Å²) in [5.74, 6) is 0. The number of aliphatic hydroxyl groups is 2. The smallest absolute Gasteiger partial charge is 0.173 e. The van der Waals surface area contributed by atoms with E-state index in [9.17, 15) is 0 Å². The van der Waals surface area contributed by atoms with E-state index in [1.165, 1.54) is 0 Å². The van der Waals surface area contributed by atoms with Crippen molar-refractivity contribution in [1.29, 1.82) is 0 Å². The van der Waals surface area contributed by atoms with Gasteiger partial charge in [-0.1, -0.05) is 0 Å². The van der Waals surface area contributed by atoms with Crippen molar-refractivity contribution < 1.29 is 14.9 Å². The molecule has 0 bridgehead atoms. The molecule has 1 aliphatic heterocycles. The van der Waals surface area contributed by atoms with E-state index in [4.69, 9.17) is 26.6 Å². The summed E-state index contributed by atoms with van der Waals surface area (Å²) in [5.41, 5.74) is 0. The maximum atomic E-state index is 8.98. The summed E-state index contributed by atoms with van der Waals surface area (Å²) in [6.45, 7) is 0.381. The Kier molecular flexibility index (Phi) is 2.29. The Bertz CT molecular complexity index is 88.2. The van der Waals surface area contributed by atoms with E-state index in [1.54, 1.807) is 0 Å². The molecule has 1 aliphatic rings. The molecule has 1 heterocycles. The van der Waals surface area contributed by atoms with Crippen LogP contribution >= 0.6 is 11.6 Å². The lowest BCUT2D eigenvalue weighted by atomic mass is 10.1. The van der Waals surface area contributed by atoms with Gasteiger partial charge < -0.3 is 14.9 Å². The van der Waals surface area contributed by atoms with E-state index in [2.05, 4.69) is 0 Å². The second-order valence-corrected chi connectivity index (χ2v) is 2.57. The highest BCUT2D eigenvalue weighted by atomic mass is 35.5. The van der Waals surface area contributed by atoms with Crippen molar-refractivity contribution in [3.05, 3.63) is 0 Å². The van der Waals surface area contributed by atoms with Crippen molar-refractivity contribution in [3.8, 4) is 0 Å². The fraction of sp³-hybridized carbons (Fsp3) is 1.00. The summed E-state index contributed by atoms with van der Waals surface area (Å²) in [7, 11) is 0. The predicted molar refractivity (Wildman–Crippen MR) is 32.2 cm³/mol. The van der Waals surface area contributed by atoms with Gasteiger partial charge in [0, 0.05) is 0 Å². The Morgan fingerprint density at radius 3 is 2.56 bits per heavy atom. The molecular weight excluding hydrogens is 144 g/mol. The average molecular weight is 153 g/mol. The minimum absolute atomic E-state index is 0.381. The van der Waals surface area contributed by atoms with E-state index < -0.39 is 17.8 Å². The highest BCUT2D eigenvalue weighted by Crippen LogP contribution is 2.17. The molecule has 3 nitrogen and oxygen atoms in total. The Morgan fingerprint density at radius 1 is 1.44 bits per heavy atom. The number of hydrogen-bond acceptors (Lipinski definition) is 3. The second-order valence-electron chi connectivity index (χ2n) is 2.06. The van der Waals surface area contributed by atoms with Crippen molar-refractivity contribution in [2.24, 2.45) is 0 Å². The van der Waals surface area contributed by atoms with E-state index in [0.717, 1.165) is 0 Å². The van der Waals surface area contributed by atoms with Crippen molar-refractivity contribution >= 4 is 11.6 Å². The first-order chi connectivity index (χ1) is 4.22. The molecule has 0 aromatic heterocycles. The predicted octanol–water partition coefficient (Wildman–Crippen LogP) is -0.307. The highest BCUT2D eigenvalue weighted by Gasteiger charge is 2.29. The topological polar surface area (TPSA) is 49.7 Å². The third kappa shape index (κ3) is 1.55. The van der Waals surface area contributed by atoms with E-state index in [1.807, 2.05) is 0 Å². The molecule has 3 atom stereocenters. The van der Waals surface area contributed by atoms with Gasteiger partial charge in [-0.2, -0.15) is 0 Å². The van der Waals surface area contributed by atoms with Crippen LogP contribution in [0.5, 0.6) is 0 Å². The molecular formula is C5H9ClO3. The van der Waals surface area contributed by atoms with Crippen molar-refractivity contribution in [2.75, 3.05) is 6.61 Å². The molecule has 1 fully saturated rings. The Hall–Kier alpha value is 0.170. The van der Waals surface area contributed by atoms with Crippen molar-refractivity contribution in [2.45, 2.75) is 24.2 Å². The SMILES string of the molecule is OC1CCOC(O)C1Cl. The van der Waals surface area contributed by atoms with Gasteiger partial charge in [0.25, 0.3) is 0 Å². The molecule has 0 spiro atoms. The van der Waals surface area contributed by atoms with Crippen LogP contribution in [0.3, 0.4) is 0 Å². The van der Waals surface area contributed by atoms with Crippen LogP contribution in [-0.4, -0.2) is 34.6 Å². The van der Waals surface area contributed by atoms with Crippen molar-refractivity contribution in [3.63, 3.8) is 0 Å². The molecule has 0 aromatic rings. The van der Waals surface area contributed by atoms with Gasteiger partial charge in [-0.05, 0) is 6.42 Å². The van der Waals surface area contributed by atoms with Gasteiger partial charge in [0.15, 0.2) is 6.29 Å². The van der Waals surface area contributed by atoms with E-state index >= 15 is 0 Å². The van der Waals surface area contributed by atoms with Crippen LogP contribution in [-0.2, 0) is 4.74 Å². The van der Waals surface area contributed by atoms with E-state index in [0.29, 0.717) is 13.0 Å². The number of rotatable bonds is 0. The van der Waals surface area contributed by atoms with Gasteiger partial charge >= 0.3 is 0 Å². The molecule has 2 N–H and O–H groups in total. The van der Waals surface area contributed by atoms with Crippen LogP contribution < -0.4 is 0 Å². The number of ether oxygens (including phenoxy) is 1. The molecule has 0 saturated carbocycles. The zero-order valence-corrected chi connectivity index (χ0v) is 5.58. The standard InChI is InChI=1S/C5H9ClO3/c6-4-3(7)1-2-9-5(4)8/h3-5,7-8H,1-2H2. The first-order valence-electron chi connectivity index (χ1n) is 2.83. The average Bonchev–Trinajstić information content (AvgIpc) is 1.83. The fourth-order valence-corrected chi connectivity index (χ4v) is 0.949. The maximum Gasteiger partial charge on any atom is 0.173 e. The number of alkyl halides is 1. The largest absolute Gasteiger partial charge is 0.391 e. The van der Waals surface area contributed by atoms with Crippen LogP contribution in [0.2, 0.25) is 0 Å². The quantitative estimate of drug-likeness (QED) is 0.469. The summed E-state index contributed by atoms with van der Waals surface area (Å²) >= 11 is 5.49. The fourth-order valence-electron chi connectivity index (χ4n) is 0.751. The summed E-state index contributed by atoms with van der Waals surface area (Å²) < 4.78 is 4.72. The molecule has 9 heavy (non-hydrogen) atoms. The van der Waals surface area contributed by atoms with Crippen LogP contribution in [0.25, 0.3) is 0 Å². The number of halogens is 1. The molecule has 0 aliphatic carbocycles. The van der Waals surface area contributed by atoms with Gasteiger partial charge in [0.1, 0.15) is 5.38 Å². The lowest BCUT2D eigenvalue weighted by Gasteiger charge is -2.27. The van der Waals surface area contributed by atoms with Crippen molar-refractivity contribution in [1.82, 2.24) is 0 Å². The molecule has 4 heteroatoms. The van der Waals surface area contributed by atoms with Gasteiger partial charge in [-0.15, -0.1) is 11.6 Å². The lowest BCUT2D eigenvalue weighted by molar-refractivity contribution is -0.148. The van der Waals surface area contributed by atoms with Crippen LogP contribution in [0.4, 0.5) is 0 Å². The lowest BCUT2D eigenvalue weighted by Crippen LogP contribution is -2.40. The number of hydrogen-bond donors (Lipinski definition) is 2.